The van der Waals surface area contributed by atoms with Gasteiger partial charge < -0.3 is 19.1 Å². The highest BCUT2D eigenvalue weighted by Gasteiger charge is 2.16. The fourth-order valence-electron chi connectivity index (χ4n) is 3.82. The minimum absolute atomic E-state index is 0.0114. The van der Waals surface area contributed by atoms with E-state index in [2.05, 4.69) is 4.98 Å². The number of anilines is 1. The van der Waals surface area contributed by atoms with Crippen molar-refractivity contribution >= 4 is 15.8 Å². The van der Waals surface area contributed by atoms with Gasteiger partial charge in [-0.05, 0) is 61.5 Å². The summed E-state index contributed by atoms with van der Waals surface area (Å²) in [5.41, 5.74) is 2.68. The summed E-state index contributed by atoms with van der Waals surface area (Å²) >= 11 is 0. The van der Waals surface area contributed by atoms with Crippen LogP contribution in [0.3, 0.4) is 0 Å². The lowest BCUT2D eigenvalue weighted by Gasteiger charge is -2.23. The number of aromatic nitrogens is 1. The molecule has 0 fully saturated rings. The van der Waals surface area contributed by atoms with Crippen LogP contribution in [0.2, 0.25) is 0 Å². The minimum Gasteiger partial charge on any atom is -0.497 e. The first-order valence-electron chi connectivity index (χ1n) is 12.5. The van der Waals surface area contributed by atoms with E-state index in [4.69, 9.17) is 18.4 Å². The summed E-state index contributed by atoms with van der Waals surface area (Å²) < 4.78 is 47.5. The van der Waals surface area contributed by atoms with E-state index in [-0.39, 0.29) is 18.1 Å². The van der Waals surface area contributed by atoms with Crippen molar-refractivity contribution in [3.63, 3.8) is 0 Å². The summed E-state index contributed by atoms with van der Waals surface area (Å²) in [6.07, 6.45) is 2.08. The third-order valence-electron chi connectivity index (χ3n) is 5.89. The number of ether oxygens (including phenoxy) is 3. The monoisotopic (exact) mass is 548 g/mol. The van der Waals surface area contributed by atoms with Crippen molar-refractivity contribution < 1.29 is 26.8 Å². The Kier molecular flexibility index (Phi) is 9.40. The molecule has 0 aliphatic rings. The molecule has 0 unspecified atom stereocenters. The van der Waals surface area contributed by atoms with Gasteiger partial charge in [0, 0.05) is 31.8 Å². The van der Waals surface area contributed by atoms with Crippen molar-refractivity contribution in [2.75, 3.05) is 32.3 Å². The maximum absolute atomic E-state index is 12.4. The van der Waals surface area contributed by atoms with Gasteiger partial charge >= 0.3 is 0 Å². The lowest BCUT2D eigenvalue weighted by atomic mass is 10.1. The van der Waals surface area contributed by atoms with Crippen LogP contribution in [0.4, 0.5) is 5.69 Å². The summed E-state index contributed by atoms with van der Waals surface area (Å²) in [7, 11) is -0.250. The average Bonchev–Trinajstić information content (AvgIpc) is 2.94. The van der Waals surface area contributed by atoms with Crippen molar-refractivity contribution in [1.29, 1.82) is 0 Å². The Labute approximate surface area is 229 Å². The second-order valence-corrected chi connectivity index (χ2v) is 10.5. The SMILES string of the molecule is COc1ccc(OCCCOS(=O)(=O)c2ccc(C)cc2)c(CN(C)c2cccnc2Oc2ccccc2)c1. The van der Waals surface area contributed by atoms with Crippen LogP contribution in [0.5, 0.6) is 23.1 Å². The smallest absolute Gasteiger partial charge is 0.296 e. The molecule has 204 valence electrons. The van der Waals surface area contributed by atoms with Gasteiger partial charge in [-0.25, -0.2) is 4.98 Å². The predicted octanol–water partition coefficient (Wildman–Crippen LogP) is 6.00. The van der Waals surface area contributed by atoms with Crippen LogP contribution in [-0.4, -0.2) is 40.8 Å². The largest absolute Gasteiger partial charge is 0.497 e. The van der Waals surface area contributed by atoms with Gasteiger partial charge in [-0.15, -0.1) is 0 Å². The average molecular weight is 549 g/mol. The maximum Gasteiger partial charge on any atom is 0.296 e. The predicted molar refractivity (Wildman–Crippen MR) is 150 cm³/mol. The molecule has 0 aliphatic heterocycles. The van der Waals surface area contributed by atoms with E-state index in [1.807, 2.05) is 79.5 Å². The van der Waals surface area contributed by atoms with E-state index < -0.39 is 10.1 Å². The molecule has 39 heavy (non-hydrogen) atoms. The Bertz CT molecular complexity index is 1460. The molecule has 3 aromatic carbocycles. The zero-order valence-electron chi connectivity index (χ0n) is 22.2. The van der Waals surface area contributed by atoms with Crippen LogP contribution in [0, 0.1) is 6.92 Å². The summed E-state index contributed by atoms with van der Waals surface area (Å²) in [5.74, 6) is 2.55. The van der Waals surface area contributed by atoms with Crippen molar-refractivity contribution in [3.05, 3.63) is 102 Å². The molecule has 1 heterocycles. The summed E-state index contributed by atoms with van der Waals surface area (Å²) in [5, 5.41) is 0. The molecule has 8 nitrogen and oxygen atoms in total. The van der Waals surface area contributed by atoms with E-state index in [0.717, 1.165) is 16.8 Å². The fourth-order valence-corrected chi connectivity index (χ4v) is 4.76. The second kappa shape index (κ2) is 13.1. The fraction of sp³-hybridized carbons (Fsp3) is 0.233. The zero-order chi connectivity index (χ0) is 27.7. The molecule has 0 spiro atoms. The number of rotatable bonds is 13. The summed E-state index contributed by atoms with van der Waals surface area (Å²) in [6, 6.07) is 25.4. The number of nitrogens with zero attached hydrogens (tertiary/aromatic N) is 2. The van der Waals surface area contributed by atoms with Crippen LogP contribution in [0.25, 0.3) is 0 Å². The lowest BCUT2D eigenvalue weighted by molar-refractivity contribution is 0.249. The number of pyridine rings is 1. The van der Waals surface area contributed by atoms with E-state index in [0.29, 0.717) is 36.1 Å². The highest BCUT2D eigenvalue weighted by atomic mass is 32.2. The van der Waals surface area contributed by atoms with E-state index in [1.165, 1.54) is 0 Å². The Morgan fingerprint density at radius 2 is 1.64 bits per heavy atom. The summed E-state index contributed by atoms with van der Waals surface area (Å²) in [6.45, 7) is 2.68. The van der Waals surface area contributed by atoms with Gasteiger partial charge in [0.05, 0.1) is 25.2 Å². The first-order chi connectivity index (χ1) is 18.9. The van der Waals surface area contributed by atoms with E-state index in [1.54, 1.807) is 37.6 Å². The van der Waals surface area contributed by atoms with Crippen molar-refractivity contribution in [2.24, 2.45) is 0 Å². The van der Waals surface area contributed by atoms with Crippen LogP contribution >= 0.6 is 0 Å². The number of hydrogen-bond donors (Lipinski definition) is 0. The molecule has 0 N–H and O–H groups in total. The van der Waals surface area contributed by atoms with Gasteiger partial charge in [-0.2, -0.15) is 8.42 Å². The molecule has 0 radical (unpaired) electrons. The molecule has 9 heteroatoms. The van der Waals surface area contributed by atoms with Crippen LogP contribution in [0.15, 0.2) is 96.0 Å². The molecule has 0 aliphatic carbocycles. The number of hydrogen-bond acceptors (Lipinski definition) is 8. The van der Waals surface area contributed by atoms with Crippen LogP contribution in [-0.2, 0) is 20.8 Å². The quantitative estimate of drug-likeness (QED) is 0.148. The highest BCUT2D eigenvalue weighted by molar-refractivity contribution is 7.86. The van der Waals surface area contributed by atoms with Crippen molar-refractivity contribution in [3.8, 4) is 23.1 Å². The Morgan fingerprint density at radius 3 is 2.38 bits per heavy atom. The van der Waals surface area contributed by atoms with E-state index >= 15 is 0 Å². The number of para-hydroxylation sites is 1. The van der Waals surface area contributed by atoms with Crippen LogP contribution < -0.4 is 19.1 Å². The standard InChI is InChI=1S/C30H32N2O6S/c1-23-12-15-27(16-13-23)39(33,34)37-20-8-19-36-29-17-14-26(35-3)21-24(29)22-32(2)28-11-7-18-31-30(28)38-25-9-5-4-6-10-25/h4-7,9-18,21H,8,19-20,22H2,1-3H3. The van der Waals surface area contributed by atoms with Crippen molar-refractivity contribution in [2.45, 2.75) is 24.8 Å². The number of benzene rings is 3. The van der Waals surface area contributed by atoms with Gasteiger partial charge in [0.1, 0.15) is 22.9 Å². The summed E-state index contributed by atoms with van der Waals surface area (Å²) in [4.78, 5) is 6.58. The first kappa shape index (κ1) is 27.9. The molecule has 1 aromatic heterocycles. The van der Waals surface area contributed by atoms with Crippen molar-refractivity contribution in [1.82, 2.24) is 4.98 Å². The van der Waals surface area contributed by atoms with Gasteiger partial charge in [0.25, 0.3) is 10.1 Å². The van der Waals surface area contributed by atoms with Gasteiger partial charge in [-0.3, -0.25) is 4.18 Å². The molecule has 4 rings (SSSR count). The Morgan fingerprint density at radius 1 is 0.872 bits per heavy atom. The Balaban J connectivity index is 1.39. The molecular weight excluding hydrogens is 516 g/mol. The molecule has 0 amide bonds. The highest BCUT2D eigenvalue weighted by Crippen LogP contribution is 2.32. The molecule has 0 saturated carbocycles. The molecular formula is C30H32N2O6S. The second-order valence-electron chi connectivity index (χ2n) is 8.86. The van der Waals surface area contributed by atoms with Gasteiger partial charge in [-0.1, -0.05) is 35.9 Å². The molecule has 0 saturated heterocycles. The number of methoxy groups -OCH3 is 1. The number of aryl methyl sites for hydroxylation is 1. The van der Waals surface area contributed by atoms with Gasteiger partial charge in [0.2, 0.25) is 5.88 Å². The Hall–Kier alpha value is -4.08. The third-order valence-corrected chi connectivity index (χ3v) is 7.22. The molecule has 4 aromatic rings. The van der Waals surface area contributed by atoms with Gasteiger partial charge in [0.15, 0.2) is 0 Å². The first-order valence-corrected chi connectivity index (χ1v) is 13.9. The zero-order valence-corrected chi connectivity index (χ0v) is 23.1. The third kappa shape index (κ3) is 7.72. The van der Waals surface area contributed by atoms with E-state index in [9.17, 15) is 8.42 Å². The lowest BCUT2D eigenvalue weighted by Crippen LogP contribution is -2.18. The maximum atomic E-state index is 12.4. The molecule has 0 bridgehead atoms. The topological polar surface area (TPSA) is 87.2 Å². The normalized spacial score (nSPS) is 11.2. The minimum atomic E-state index is -3.81. The van der Waals surface area contributed by atoms with Crippen LogP contribution in [0.1, 0.15) is 17.5 Å². The molecule has 0 atom stereocenters.